The Balaban J connectivity index is 2.27. The lowest BCUT2D eigenvalue weighted by molar-refractivity contribution is -0.134. The zero-order valence-electron chi connectivity index (χ0n) is 10.9. The average molecular weight is 258 g/mol. The molecule has 3 N–H and O–H groups in total. The monoisotopic (exact) mass is 258 g/mol. The Morgan fingerprint density at radius 3 is 2.78 bits per heavy atom. The molecule has 1 fully saturated rings. The van der Waals surface area contributed by atoms with Gasteiger partial charge in [0.2, 0.25) is 11.8 Å². The molecule has 0 radical (unpaired) electrons. The number of primary amides is 1. The normalized spacial score (nSPS) is 22.9. The Labute approximate surface area is 107 Å². The van der Waals surface area contributed by atoms with Gasteiger partial charge in [-0.05, 0) is 6.42 Å². The van der Waals surface area contributed by atoms with Crippen molar-refractivity contribution in [1.29, 1.82) is 0 Å². The Morgan fingerprint density at radius 1 is 1.44 bits per heavy atom. The molecule has 1 rings (SSSR count). The highest BCUT2D eigenvalue weighted by molar-refractivity contribution is 5.91. The van der Waals surface area contributed by atoms with Crippen LogP contribution in [0.3, 0.4) is 0 Å². The van der Waals surface area contributed by atoms with Gasteiger partial charge in [0.1, 0.15) is 12.1 Å². The van der Waals surface area contributed by atoms with E-state index in [0.717, 1.165) is 19.3 Å². The summed E-state index contributed by atoms with van der Waals surface area (Å²) in [5.41, 5.74) is 4.25. The van der Waals surface area contributed by atoms with Crippen LogP contribution in [-0.2, 0) is 19.1 Å². The van der Waals surface area contributed by atoms with Crippen LogP contribution in [0.2, 0.25) is 0 Å². The van der Waals surface area contributed by atoms with Crippen molar-refractivity contribution in [1.82, 2.24) is 5.32 Å². The molecule has 0 aromatic heterocycles. The first-order chi connectivity index (χ1) is 8.60. The Morgan fingerprint density at radius 2 is 2.22 bits per heavy atom. The summed E-state index contributed by atoms with van der Waals surface area (Å²) in [5, 5.41) is 2.62. The third-order valence-electron chi connectivity index (χ3n) is 3.00. The number of unbranched alkanes of at least 4 members (excludes halogenated alkanes) is 2. The molecule has 6 heteroatoms. The van der Waals surface area contributed by atoms with Gasteiger partial charge < -0.3 is 20.5 Å². The Bertz CT molecular complexity index is 288. The van der Waals surface area contributed by atoms with Crippen LogP contribution in [0.1, 0.15) is 32.6 Å². The predicted molar refractivity (Wildman–Crippen MR) is 65.8 cm³/mol. The summed E-state index contributed by atoms with van der Waals surface area (Å²) in [4.78, 5) is 23.0. The van der Waals surface area contributed by atoms with E-state index in [1.165, 1.54) is 0 Å². The van der Waals surface area contributed by atoms with Gasteiger partial charge in [0, 0.05) is 19.6 Å². The lowest BCUT2D eigenvalue weighted by atomic mass is 9.98. The third kappa shape index (κ3) is 4.27. The molecule has 0 aromatic carbocycles. The standard InChI is InChI=1S/C12H22N2O4/c1-2-3-4-6-17-8-10(15)14-12(11(13)16)5-7-18-9-12/h2-9H2,1H3,(H2,13,16)(H,14,15). The number of ether oxygens (including phenoxy) is 2. The minimum absolute atomic E-state index is 0.0429. The molecule has 104 valence electrons. The van der Waals surface area contributed by atoms with Crippen LogP contribution in [0.4, 0.5) is 0 Å². The van der Waals surface area contributed by atoms with Crippen molar-refractivity contribution in [3.05, 3.63) is 0 Å². The molecule has 0 aliphatic carbocycles. The largest absolute Gasteiger partial charge is 0.378 e. The first-order valence-corrected chi connectivity index (χ1v) is 6.37. The highest BCUT2D eigenvalue weighted by atomic mass is 16.5. The van der Waals surface area contributed by atoms with Gasteiger partial charge in [-0.1, -0.05) is 19.8 Å². The fraction of sp³-hybridized carbons (Fsp3) is 0.833. The lowest BCUT2D eigenvalue weighted by Gasteiger charge is -2.24. The van der Waals surface area contributed by atoms with E-state index < -0.39 is 11.4 Å². The summed E-state index contributed by atoms with van der Waals surface area (Å²) in [7, 11) is 0. The number of rotatable bonds is 8. The minimum atomic E-state index is -1.05. The zero-order chi connectivity index (χ0) is 13.4. The van der Waals surface area contributed by atoms with Crippen molar-refractivity contribution < 1.29 is 19.1 Å². The second-order valence-corrected chi connectivity index (χ2v) is 4.56. The molecule has 0 bridgehead atoms. The molecule has 2 amide bonds. The van der Waals surface area contributed by atoms with Gasteiger partial charge in [0.25, 0.3) is 0 Å². The van der Waals surface area contributed by atoms with E-state index >= 15 is 0 Å². The van der Waals surface area contributed by atoms with Crippen molar-refractivity contribution in [2.45, 2.75) is 38.1 Å². The number of hydrogen-bond acceptors (Lipinski definition) is 4. The molecule has 1 unspecified atom stereocenters. The molecule has 18 heavy (non-hydrogen) atoms. The van der Waals surface area contributed by atoms with Crippen molar-refractivity contribution in [2.75, 3.05) is 26.4 Å². The SMILES string of the molecule is CCCCCOCC(=O)NC1(C(N)=O)CCOC1. The summed E-state index contributed by atoms with van der Waals surface area (Å²) in [6.45, 7) is 3.19. The van der Waals surface area contributed by atoms with E-state index in [1.54, 1.807) is 0 Å². The smallest absolute Gasteiger partial charge is 0.246 e. The molecule has 0 saturated carbocycles. The maximum atomic E-state index is 11.6. The van der Waals surface area contributed by atoms with E-state index in [-0.39, 0.29) is 19.1 Å². The quantitative estimate of drug-likeness (QED) is 0.597. The predicted octanol–water partition coefficient (Wildman–Crippen LogP) is -0.0462. The summed E-state index contributed by atoms with van der Waals surface area (Å²) in [6, 6.07) is 0. The van der Waals surface area contributed by atoms with Crippen molar-refractivity contribution in [2.24, 2.45) is 5.73 Å². The van der Waals surface area contributed by atoms with E-state index in [4.69, 9.17) is 15.2 Å². The zero-order valence-corrected chi connectivity index (χ0v) is 10.9. The van der Waals surface area contributed by atoms with E-state index in [9.17, 15) is 9.59 Å². The average Bonchev–Trinajstić information content (AvgIpc) is 2.78. The molecule has 0 aromatic rings. The first kappa shape index (κ1) is 14.9. The lowest BCUT2D eigenvalue weighted by Crippen LogP contribution is -2.58. The van der Waals surface area contributed by atoms with Crippen LogP contribution in [0.5, 0.6) is 0 Å². The van der Waals surface area contributed by atoms with Gasteiger partial charge in [-0.15, -0.1) is 0 Å². The topological polar surface area (TPSA) is 90.6 Å². The van der Waals surface area contributed by atoms with Crippen molar-refractivity contribution >= 4 is 11.8 Å². The molecule has 1 aliphatic rings. The Kier molecular flexibility index (Phi) is 6.07. The van der Waals surface area contributed by atoms with Crippen LogP contribution in [-0.4, -0.2) is 43.8 Å². The molecular formula is C12H22N2O4. The molecular weight excluding hydrogens is 236 g/mol. The second-order valence-electron chi connectivity index (χ2n) is 4.56. The number of amides is 2. The van der Waals surface area contributed by atoms with Crippen LogP contribution >= 0.6 is 0 Å². The minimum Gasteiger partial charge on any atom is -0.378 e. The third-order valence-corrected chi connectivity index (χ3v) is 3.00. The molecule has 1 aliphatic heterocycles. The van der Waals surface area contributed by atoms with Crippen LogP contribution in [0.25, 0.3) is 0 Å². The van der Waals surface area contributed by atoms with Crippen molar-refractivity contribution in [3.8, 4) is 0 Å². The van der Waals surface area contributed by atoms with Gasteiger partial charge in [-0.3, -0.25) is 9.59 Å². The van der Waals surface area contributed by atoms with Gasteiger partial charge in [0.15, 0.2) is 0 Å². The number of hydrogen-bond donors (Lipinski definition) is 2. The second kappa shape index (κ2) is 7.33. The number of carbonyl (C=O) groups is 2. The summed E-state index contributed by atoms with van der Waals surface area (Å²) >= 11 is 0. The molecule has 6 nitrogen and oxygen atoms in total. The van der Waals surface area contributed by atoms with E-state index in [1.807, 2.05) is 0 Å². The number of nitrogens with two attached hydrogens (primary N) is 1. The highest BCUT2D eigenvalue weighted by Gasteiger charge is 2.42. The van der Waals surface area contributed by atoms with E-state index in [0.29, 0.717) is 19.6 Å². The fourth-order valence-corrected chi connectivity index (χ4v) is 1.84. The maximum absolute atomic E-state index is 11.6. The maximum Gasteiger partial charge on any atom is 0.246 e. The van der Waals surface area contributed by atoms with Gasteiger partial charge in [-0.2, -0.15) is 0 Å². The first-order valence-electron chi connectivity index (χ1n) is 6.37. The number of nitrogens with one attached hydrogen (secondary N) is 1. The molecule has 1 heterocycles. The Hall–Kier alpha value is -1.14. The molecule has 1 atom stereocenters. The van der Waals surface area contributed by atoms with Crippen LogP contribution in [0.15, 0.2) is 0 Å². The van der Waals surface area contributed by atoms with E-state index in [2.05, 4.69) is 12.2 Å². The summed E-state index contributed by atoms with van der Waals surface area (Å²) < 4.78 is 10.4. The van der Waals surface area contributed by atoms with Crippen LogP contribution in [0, 0.1) is 0 Å². The summed E-state index contributed by atoms with van der Waals surface area (Å²) in [6.07, 6.45) is 3.55. The van der Waals surface area contributed by atoms with Gasteiger partial charge in [-0.25, -0.2) is 0 Å². The summed E-state index contributed by atoms with van der Waals surface area (Å²) in [5.74, 6) is -0.880. The van der Waals surface area contributed by atoms with Gasteiger partial charge >= 0.3 is 0 Å². The van der Waals surface area contributed by atoms with Gasteiger partial charge in [0.05, 0.1) is 6.61 Å². The van der Waals surface area contributed by atoms with Crippen LogP contribution < -0.4 is 11.1 Å². The van der Waals surface area contributed by atoms with Crippen molar-refractivity contribution in [3.63, 3.8) is 0 Å². The number of carbonyl (C=O) groups excluding carboxylic acids is 2. The fourth-order valence-electron chi connectivity index (χ4n) is 1.84. The highest BCUT2D eigenvalue weighted by Crippen LogP contribution is 2.17. The molecule has 1 saturated heterocycles. The molecule has 0 spiro atoms.